The van der Waals surface area contributed by atoms with Gasteiger partial charge in [0.15, 0.2) is 5.57 Å². The number of benzene rings is 2. The average molecular weight is 479 g/mol. The van der Waals surface area contributed by atoms with Gasteiger partial charge in [0.1, 0.15) is 17.5 Å². The molecule has 0 spiro atoms. The maximum absolute atomic E-state index is 12.7. The molecule has 0 radical (unpaired) electrons. The Labute approximate surface area is 202 Å². The van der Waals surface area contributed by atoms with Crippen molar-refractivity contribution < 1.29 is 24.4 Å². The molecule has 10 nitrogen and oxygen atoms in total. The van der Waals surface area contributed by atoms with Gasteiger partial charge in [-0.05, 0) is 62.1 Å². The number of aliphatic hydroxyl groups is 1. The smallest absolute Gasteiger partial charge is 0.352 e. The highest BCUT2D eigenvalue weighted by molar-refractivity contribution is 6.05. The van der Waals surface area contributed by atoms with Gasteiger partial charge in [-0.25, -0.2) is 4.79 Å². The number of carbonyl (C=O) groups excluding carboxylic acids is 2. The number of hydrogen-bond acceptors (Lipinski definition) is 8. The van der Waals surface area contributed by atoms with E-state index in [0.717, 1.165) is 25.9 Å². The van der Waals surface area contributed by atoms with Crippen molar-refractivity contribution in [2.24, 2.45) is 5.92 Å². The number of esters is 1. The van der Waals surface area contributed by atoms with Crippen LogP contribution in [0.4, 0.5) is 17.1 Å². The number of hydrogen-bond donors (Lipinski definition) is 2. The summed E-state index contributed by atoms with van der Waals surface area (Å²) in [6.45, 7) is 5.25. The number of amides is 1. The van der Waals surface area contributed by atoms with Gasteiger partial charge in [-0.1, -0.05) is 6.92 Å². The van der Waals surface area contributed by atoms with E-state index in [1.807, 2.05) is 4.90 Å². The van der Waals surface area contributed by atoms with E-state index in [1.165, 1.54) is 30.3 Å². The topological polar surface area (TPSA) is 146 Å². The fraction of sp³-hybridized carbons (Fsp3) is 0.320. The molecule has 35 heavy (non-hydrogen) atoms. The number of nitro groups is 1. The van der Waals surface area contributed by atoms with E-state index in [0.29, 0.717) is 17.3 Å². The number of piperidine rings is 1. The largest absolute Gasteiger partial charge is 0.506 e. The van der Waals surface area contributed by atoms with Gasteiger partial charge < -0.3 is 20.1 Å². The Morgan fingerprint density at radius 3 is 2.40 bits per heavy atom. The number of nitro benzene ring substituents is 1. The second-order valence-electron chi connectivity index (χ2n) is 8.22. The lowest BCUT2D eigenvalue weighted by molar-refractivity contribution is -0.384. The number of carbonyl (C=O) groups is 2. The van der Waals surface area contributed by atoms with Crippen molar-refractivity contribution in [3.8, 4) is 6.07 Å². The third kappa shape index (κ3) is 5.95. The number of nitriles is 1. The van der Waals surface area contributed by atoms with Crippen LogP contribution in [-0.2, 0) is 9.53 Å². The molecule has 182 valence electrons. The fourth-order valence-electron chi connectivity index (χ4n) is 3.79. The van der Waals surface area contributed by atoms with E-state index in [-0.39, 0.29) is 23.4 Å². The van der Waals surface area contributed by atoms with Gasteiger partial charge in [0.25, 0.3) is 11.6 Å². The maximum atomic E-state index is 12.7. The fourth-order valence-corrected chi connectivity index (χ4v) is 3.79. The zero-order valence-electron chi connectivity index (χ0n) is 19.5. The molecule has 2 aromatic rings. The summed E-state index contributed by atoms with van der Waals surface area (Å²) >= 11 is 0. The Balaban J connectivity index is 1.77. The molecule has 2 aromatic carbocycles. The Morgan fingerprint density at radius 2 is 1.83 bits per heavy atom. The Hall–Kier alpha value is -4.39. The first-order valence-corrected chi connectivity index (χ1v) is 11.2. The lowest BCUT2D eigenvalue weighted by Gasteiger charge is -2.31. The van der Waals surface area contributed by atoms with E-state index < -0.39 is 28.1 Å². The molecule has 0 unspecified atom stereocenters. The number of nitrogens with zero attached hydrogens (tertiary/aromatic N) is 3. The minimum Gasteiger partial charge on any atom is -0.506 e. The second kappa shape index (κ2) is 11.2. The summed E-state index contributed by atoms with van der Waals surface area (Å²) in [5, 5.41) is 33.8. The summed E-state index contributed by atoms with van der Waals surface area (Å²) in [6, 6.07) is 11.8. The van der Waals surface area contributed by atoms with E-state index >= 15 is 0 Å². The van der Waals surface area contributed by atoms with E-state index in [9.17, 15) is 24.8 Å². The molecule has 10 heteroatoms. The molecule has 0 aliphatic carbocycles. The molecule has 2 N–H and O–H groups in total. The first kappa shape index (κ1) is 25.2. The van der Waals surface area contributed by atoms with Crippen molar-refractivity contribution in [1.29, 1.82) is 5.26 Å². The minimum atomic E-state index is -0.936. The van der Waals surface area contributed by atoms with E-state index in [1.54, 1.807) is 25.1 Å². The van der Waals surface area contributed by atoms with E-state index in [2.05, 4.69) is 12.2 Å². The van der Waals surface area contributed by atoms with Crippen LogP contribution in [0.25, 0.3) is 5.76 Å². The van der Waals surface area contributed by atoms with Crippen molar-refractivity contribution >= 4 is 34.7 Å². The third-order valence-electron chi connectivity index (χ3n) is 5.80. The number of anilines is 2. The van der Waals surface area contributed by atoms with E-state index in [4.69, 9.17) is 10.00 Å². The van der Waals surface area contributed by atoms with Crippen molar-refractivity contribution in [2.75, 3.05) is 29.9 Å². The summed E-state index contributed by atoms with van der Waals surface area (Å²) in [6.07, 6.45) is 1.91. The highest BCUT2D eigenvalue weighted by Gasteiger charge is 2.25. The summed E-state index contributed by atoms with van der Waals surface area (Å²) in [5.41, 5.74) is 0.521. The third-order valence-corrected chi connectivity index (χ3v) is 5.80. The van der Waals surface area contributed by atoms with Gasteiger partial charge in [-0.3, -0.25) is 14.9 Å². The summed E-state index contributed by atoms with van der Waals surface area (Å²) in [7, 11) is 0. The molecule has 1 saturated heterocycles. The van der Waals surface area contributed by atoms with Gasteiger partial charge >= 0.3 is 5.97 Å². The van der Waals surface area contributed by atoms with Gasteiger partial charge in [0.2, 0.25) is 0 Å². The normalized spacial score (nSPS) is 14.5. The molecule has 0 aromatic heterocycles. The van der Waals surface area contributed by atoms with Crippen LogP contribution in [0.5, 0.6) is 0 Å². The molecule has 0 bridgehead atoms. The molecule has 0 atom stereocenters. The van der Waals surface area contributed by atoms with Crippen LogP contribution in [0.2, 0.25) is 0 Å². The van der Waals surface area contributed by atoms with Crippen LogP contribution in [0.3, 0.4) is 0 Å². The predicted octanol–water partition coefficient (Wildman–Crippen LogP) is 4.44. The molecule has 0 saturated carbocycles. The van der Waals surface area contributed by atoms with Crippen LogP contribution in [0.1, 0.15) is 42.6 Å². The molecule has 1 aliphatic rings. The zero-order valence-corrected chi connectivity index (χ0v) is 19.5. The summed E-state index contributed by atoms with van der Waals surface area (Å²) in [5.74, 6) is -1.43. The molecule has 1 amide bonds. The molecule has 3 rings (SSSR count). The van der Waals surface area contributed by atoms with Crippen LogP contribution in [-0.4, -0.2) is 41.6 Å². The van der Waals surface area contributed by atoms with Crippen molar-refractivity contribution in [2.45, 2.75) is 26.7 Å². The van der Waals surface area contributed by atoms with Crippen LogP contribution < -0.4 is 10.2 Å². The van der Waals surface area contributed by atoms with Crippen LogP contribution in [0.15, 0.2) is 48.0 Å². The van der Waals surface area contributed by atoms with Crippen molar-refractivity contribution in [3.05, 3.63) is 69.3 Å². The highest BCUT2D eigenvalue weighted by Crippen LogP contribution is 2.32. The average Bonchev–Trinajstić information content (AvgIpc) is 2.85. The van der Waals surface area contributed by atoms with Crippen LogP contribution in [0, 0.1) is 27.4 Å². The number of rotatable bonds is 7. The first-order valence-electron chi connectivity index (χ1n) is 11.2. The SMILES string of the molecule is CCOC(=O)C(C#N)=C(O)c1ccc(NC(=O)c2ccc(N3CCC(C)CC3)c([N+](=O)[O-])c2)cc1. The molecule has 1 heterocycles. The number of aliphatic hydroxyl groups excluding tert-OH is 1. The van der Waals surface area contributed by atoms with Crippen molar-refractivity contribution in [1.82, 2.24) is 0 Å². The molecular weight excluding hydrogens is 452 g/mol. The standard InChI is InChI=1S/C25H26N4O6/c1-3-35-25(32)20(15-26)23(30)17-4-7-19(8-5-17)27-24(31)18-6-9-21(22(14-18)29(33)34)28-12-10-16(2)11-13-28/h4-9,14,16,30H,3,10-13H2,1-2H3,(H,27,31). The van der Waals surface area contributed by atoms with Crippen molar-refractivity contribution in [3.63, 3.8) is 0 Å². The maximum Gasteiger partial charge on any atom is 0.352 e. The summed E-state index contributed by atoms with van der Waals surface area (Å²) in [4.78, 5) is 37.7. The Bertz CT molecular complexity index is 1190. The Morgan fingerprint density at radius 1 is 1.20 bits per heavy atom. The molecule has 1 fully saturated rings. The Kier molecular flexibility index (Phi) is 8.04. The molecular formula is C25H26N4O6. The number of ether oxygens (including phenoxy) is 1. The van der Waals surface area contributed by atoms with Gasteiger partial charge in [0.05, 0.1) is 11.5 Å². The van der Waals surface area contributed by atoms with Crippen LogP contribution >= 0.6 is 0 Å². The predicted molar refractivity (Wildman–Crippen MR) is 130 cm³/mol. The monoisotopic (exact) mass is 478 g/mol. The van der Waals surface area contributed by atoms with Gasteiger partial charge in [-0.15, -0.1) is 0 Å². The second-order valence-corrected chi connectivity index (χ2v) is 8.22. The lowest BCUT2D eigenvalue weighted by atomic mass is 9.98. The highest BCUT2D eigenvalue weighted by atomic mass is 16.6. The zero-order chi connectivity index (χ0) is 25.5. The first-order chi connectivity index (χ1) is 16.7. The molecule has 1 aliphatic heterocycles. The summed E-state index contributed by atoms with van der Waals surface area (Å²) < 4.78 is 4.75. The van der Waals surface area contributed by atoms with Gasteiger partial charge in [0, 0.05) is 36.0 Å². The number of nitrogens with one attached hydrogen (secondary N) is 1. The lowest BCUT2D eigenvalue weighted by Crippen LogP contribution is -2.33. The minimum absolute atomic E-state index is 0.0542. The van der Waals surface area contributed by atoms with Gasteiger partial charge in [-0.2, -0.15) is 5.26 Å². The quantitative estimate of drug-likeness (QED) is 0.148.